The average Bonchev–Trinajstić information content (AvgIpc) is 2.63. The maximum absolute atomic E-state index is 12.9. The van der Waals surface area contributed by atoms with E-state index < -0.39 is 0 Å². The molecule has 7 heteroatoms. The first-order chi connectivity index (χ1) is 12.8. The highest BCUT2D eigenvalue weighted by Crippen LogP contribution is 2.22. The lowest BCUT2D eigenvalue weighted by atomic mass is 10.0. The van der Waals surface area contributed by atoms with Gasteiger partial charge >= 0.3 is 0 Å². The second-order valence-corrected chi connectivity index (χ2v) is 6.94. The van der Waals surface area contributed by atoms with Crippen LogP contribution in [0.5, 0.6) is 0 Å². The quantitative estimate of drug-likeness (QED) is 0.641. The molecule has 0 aliphatic rings. The van der Waals surface area contributed by atoms with Crippen molar-refractivity contribution >= 4 is 40.7 Å². The van der Waals surface area contributed by atoms with Gasteiger partial charge in [-0.2, -0.15) is 0 Å². The van der Waals surface area contributed by atoms with E-state index in [1.165, 1.54) is 30.3 Å². The molecule has 0 bridgehead atoms. The Hall–Kier alpha value is -2.37. The molecule has 0 aliphatic carbocycles. The molecular weight excluding hydrogens is 390 g/mol. The fourth-order valence-electron chi connectivity index (χ4n) is 2.25. The summed E-state index contributed by atoms with van der Waals surface area (Å²) in [6.45, 7) is 5.59. The lowest BCUT2D eigenvalue weighted by Crippen LogP contribution is -2.24. The fourth-order valence-corrected chi connectivity index (χ4v) is 2.55. The normalized spacial score (nSPS) is 11.6. The highest BCUT2D eigenvalue weighted by Gasteiger charge is 2.15. The van der Waals surface area contributed by atoms with Gasteiger partial charge in [-0.1, -0.05) is 36.7 Å². The Bertz CT molecular complexity index is 854. The minimum Gasteiger partial charge on any atom is -0.326 e. The Morgan fingerprint density at radius 2 is 1.78 bits per heavy atom. The highest BCUT2D eigenvalue weighted by atomic mass is 35.5. The maximum atomic E-state index is 12.9. The first-order valence-electron chi connectivity index (χ1n) is 8.27. The third-order valence-electron chi connectivity index (χ3n) is 3.91. The lowest BCUT2D eigenvalue weighted by molar-refractivity contribution is -0.119. The number of rotatable bonds is 7. The molecule has 0 heterocycles. The summed E-state index contributed by atoms with van der Waals surface area (Å²) < 4.78 is 12.9. The molecule has 2 rings (SSSR count). The maximum Gasteiger partial charge on any atom is 0.255 e. The van der Waals surface area contributed by atoms with E-state index in [1.54, 1.807) is 19.1 Å². The molecule has 0 saturated carbocycles. The predicted octanol–water partition coefficient (Wildman–Crippen LogP) is 5.43. The summed E-state index contributed by atoms with van der Waals surface area (Å²) in [5, 5.41) is 6.07. The van der Waals surface area contributed by atoms with Crippen LogP contribution in [0.2, 0.25) is 10.0 Å². The molecule has 0 aromatic heterocycles. The Morgan fingerprint density at radius 3 is 2.41 bits per heavy atom. The van der Waals surface area contributed by atoms with Gasteiger partial charge in [0.15, 0.2) is 0 Å². The first-order valence-corrected chi connectivity index (χ1v) is 9.02. The average molecular weight is 409 g/mol. The van der Waals surface area contributed by atoms with E-state index in [0.717, 1.165) is 0 Å². The van der Waals surface area contributed by atoms with E-state index in [9.17, 15) is 14.0 Å². The number of hydrogen-bond acceptors (Lipinski definition) is 2. The summed E-state index contributed by atoms with van der Waals surface area (Å²) in [5.41, 5.74) is 1.39. The summed E-state index contributed by atoms with van der Waals surface area (Å²) >= 11 is 11.7. The van der Waals surface area contributed by atoms with E-state index in [2.05, 4.69) is 17.2 Å². The molecule has 0 aliphatic heterocycles. The van der Waals surface area contributed by atoms with Gasteiger partial charge in [0.05, 0.1) is 10.0 Å². The van der Waals surface area contributed by atoms with Crippen LogP contribution in [0.15, 0.2) is 54.7 Å². The molecule has 1 atom stereocenters. The molecule has 2 aromatic carbocycles. The zero-order valence-electron chi connectivity index (χ0n) is 14.7. The van der Waals surface area contributed by atoms with E-state index in [4.69, 9.17) is 23.2 Å². The van der Waals surface area contributed by atoms with Crippen LogP contribution >= 0.6 is 23.2 Å². The van der Waals surface area contributed by atoms with Crippen LogP contribution in [0, 0.1) is 11.7 Å². The number of halogens is 3. The van der Waals surface area contributed by atoms with Crippen molar-refractivity contribution in [2.24, 2.45) is 5.92 Å². The molecule has 142 valence electrons. The molecule has 2 N–H and O–H groups in total. The number of anilines is 1. The van der Waals surface area contributed by atoms with Crippen molar-refractivity contribution < 1.29 is 14.0 Å². The summed E-state index contributed by atoms with van der Waals surface area (Å²) in [7, 11) is 0. The van der Waals surface area contributed by atoms with Gasteiger partial charge in [-0.25, -0.2) is 4.39 Å². The second kappa shape index (κ2) is 9.53. The monoisotopic (exact) mass is 408 g/mol. The number of nitrogens with one attached hydrogen (secondary N) is 2. The van der Waals surface area contributed by atoms with Gasteiger partial charge in [-0.15, -0.1) is 0 Å². The molecule has 0 fully saturated rings. The molecule has 2 aromatic rings. The topological polar surface area (TPSA) is 58.2 Å². The molecule has 4 nitrogen and oxygen atoms in total. The van der Waals surface area contributed by atoms with Crippen molar-refractivity contribution in [3.05, 3.63) is 76.2 Å². The van der Waals surface area contributed by atoms with E-state index in [0.29, 0.717) is 39.8 Å². The van der Waals surface area contributed by atoms with Crippen LogP contribution in [0.4, 0.5) is 10.1 Å². The van der Waals surface area contributed by atoms with Gasteiger partial charge in [-0.3, -0.25) is 9.59 Å². The number of carbonyl (C=O) groups excluding carboxylic acids is 2. The number of allylic oxidation sites excluding steroid dienone is 1. The smallest absolute Gasteiger partial charge is 0.255 e. The highest BCUT2D eigenvalue weighted by molar-refractivity contribution is 6.42. The number of carbonyl (C=O) groups is 2. The van der Waals surface area contributed by atoms with Crippen molar-refractivity contribution in [3.63, 3.8) is 0 Å². The summed E-state index contributed by atoms with van der Waals surface area (Å²) in [4.78, 5) is 24.4. The molecule has 27 heavy (non-hydrogen) atoms. The summed E-state index contributed by atoms with van der Waals surface area (Å²) in [5.74, 6) is -1.21. The SMILES string of the molecule is C=C(CCC(C)C(=O)Nc1ccc(F)cc1)NC(=O)c1ccc(Cl)c(Cl)c1. The van der Waals surface area contributed by atoms with Gasteiger partial charge in [0.25, 0.3) is 5.91 Å². The standard InChI is InChI=1S/C20H19Cl2FN2O2/c1-12(19(26)25-16-8-6-15(23)7-9-16)3-4-13(2)24-20(27)14-5-10-17(21)18(22)11-14/h5-12H,2-4H2,1H3,(H,24,27)(H,25,26). The number of hydrogen-bond donors (Lipinski definition) is 2. The molecule has 1 unspecified atom stereocenters. The van der Waals surface area contributed by atoms with E-state index >= 15 is 0 Å². The van der Waals surface area contributed by atoms with Gasteiger partial charge in [0.1, 0.15) is 5.82 Å². The number of amides is 2. The van der Waals surface area contributed by atoms with Crippen molar-refractivity contribution in [2.45, 2.75) is 19.8 Å². The minimum atomic E-state index is -0.366. The Balaban J connectivity index is 1.81. The van der Waals surface area contributed by atoms with Crippen molar-refractivity contribution in [2.75, 3.05) is 5.32 Å². The van der Waals surface area contributed by atoms with Crippen LogP contribution in [-0.2, 0) is 4.79 Å². The van der Waals surface area contributed by atoms with Crippen LogP contribution in [0.25, 0.3) is 0 Å². The lowest BCUT2D eigenvalue weighted by Gasteiger charge is -2.14. The summed E-state index contributed by atoms with van der Waals surface area (Å²) in [6.07, 6.45) is 0.929. The van der Waals surface area contributed by atoms with Gasteiger partial charge < -0.3 is 10.6 Å². The molecule has 0 radical (unpaired) electrons. The molecule has 0 saturated heterocycles. The van der Waals surface area contributed by atoms with Crippen molar-refractivity contribution in [1.82, 2.24) is 5.32 Å². The largest absolute Gasteiger partial charge is 0.326 e. The first kappa shape index (κ1) is 20.9. The van der Waals surface area contributed by atoms with Crippen LogP contribution in [0.3, 0.4) is 0 Å². The van der Waals surface area contributed by atoms with E-state index in [-0.39, 0.29) is 23.5 Å². The molecule has 2 amide bonds. The summed E-state index contributed by atoms with van der Waals surface area (Å²) in [6, 6.07) is 10.1. The zero-order valence-corrected chi connectivity index (χ0v) is 16.2. The zero-order chi connectivity index (χ0) is 20.0. The van der Waals surface area contributed by atoms with Crippen LogP contribution < -0.4 is 10.6 Å². The third kappa shape index (κ3) is 6.38. The Morgan fingerprint density at radius 1 is 1.11 bits per heavy atom. The molecule has 0 spiro atoms. The fraction of sp³-hybridized carbons (Fsp3) is 0.200. The minimum absolute atomic E-state index is 0.190. The van der Waals surface area contributed by atoms with Crippen LogP contribution in [0.1, 0.15) is 30.1 Å². The number of benzene rings is 2. The Kier molecular flexibility index (Phi) is 7.39. The van der Waals surface area contributed by atoms with Crippen molar-refractivity contribution in [3.8, 4) is 0 Å². The van der Waals surface area contributed by atoms with Gasteiger partial charge in [-0.05, 0) is 55.3 Å². The Labute approximate surface area is 167 Å². The van der Waals surface area contributed by atoms with Crippen LogP contribution in [-0.4, -0.2) is 11.8 Å². The van der Waals surface area contributed by atoms with Gasteiger partial charge in [0.2, 0.25) is 5.91 Å². The van der Waals surface area contributed by atoms with Crippen molar-refractivity contribution in [1.29, 1.82) is 0 Å². The molecular formula is C20H19Cl2FN2O2. The predicted molar refractivity (Wildman–Crippen MR) is 106 cm³/mol. The van der Waals surface area contributed by atoms with Gasteiger partial charge in [0, 0.05) is 22.9 Å². The van der Waals surface area contributed by atoms with E-state index in [1.807, 2.05) is 0 Å². The third-order valence-corrected chi connectivity index (χ3v) is 4.65. The second-order valence-electron chi connectivity index (χ2n) is 6.12.